The zero-order chi connectivity index (χ0) is 21.4. The van der Waals surface area contributed by atoms with Gasteiger partial charge in [0, 0.05) is 21.9 Å². The molecule has 5 rings (SSSR count). The van der Waals surface area contributed by atoms with Gasteiger partial charge in [-0.2, -0.15) is 0 Å². The van der Waals surface area contributed by atoms with Gasteiger partial charge in [-0.15, -0.1) is 11.3 Å². The normalized spacial score (nSPS) is 11.2. The van der Waals surface area contributed by atoms with Crippen molar-refractivity contribution in [2.45, 2.75) is 6.42 Å². The number of thiazole rings is 1. The van der Waals surface area contributed by atoms with Gasteiger partial charge in [0.15, 0.2) is 16.7 Å². The van der Waals surface area contributed by atoms with Gasteiger partial charge in [0.25, 0.3) is 0 Å². The van der Waals surface area contributed by atoms with Gasteiger partial charge in [-0.1, -0.05) is 30.3 Å². The molecule has 5 nitrogen and oxygen atoms in total. The van der Waals surface area contributed by atoms with Crippen molar-refractivity contribution >= 4 is 44.1 Å². The number of hydrogen-bond acceptors (Lipinski definition) is 5. The van der Waals surface area contributed by atoms with E-state index in [0.29, 0.717) is 16.4 Å². The summed E-state index contributed by atoms with van der Waals surface area (Å²) in [6, 6.07) is 16.6. The van der Waals surface area contributed by atoms with Gasteiger partial charge in [0.05, 0.1) is 25.5 Å². The monoisotopic (exact) mass is 432 g/mol. The molecule has 2 aromatic heterocycles. The lowest BCUT2D eigenvalue weighted by Gasteiger charge is -2.04. The summed E-state index contributed by atoms with van der Waals surface area (Å²) in [7, 11) is 1.42. The van der Waals surface area contributed by atoms with Crippen LogP contribution in [0.15, 0.2) is 70.7 Å². The minimum atomic E-state index is -0.461. The lowest BCUT2D eigenvalue weighted by molar-refractivity contribution is -0.115. The second-order valence-electron chi connectivity index (χ2n) is 7.03. The number of aromatic nitrogens is 1. The average molecular weight is 432 g/mol. The van der Waals surface area contributed by atoms with Crippen LogP contribution in [0.1, 0.15) is 5.56 Å². The molecule has 0 radical (unpaired) electrons. The lowest BCUT2D eigenvalue weighted by atomic mass is 10.0. The molecule has 1 amide bonds. The van der Waals surface area contributed by atoms with E-state index in [-0.39, 0.29) is 18.1 Å². The minimum absolute atomic E-state index is 0.160. The first kappa shape index (κ1) is 19.3. The maximum atomic E-state index is 14.0. The Labute approximate surface area is 181 Å². The Hall–Kier alpha value is -3.71. The summed E-state index contributed by atoms with van der Waals surface area (Å²) in [4.78, 5) is 17.1. The summed E-state index contributed by atoms with van der Waals surface area (Å²) in [6.45, 7) is 0. The number of benzene rings is 3. The molecule has 0 atom stereocenters. The summed E-state index contributed by atoms with van der Waals surface area (Å²) in [5.74, 6) is -0.484. The fraction of sp³-hybridized carbons (Fsp3) is 0.0833. The van der Waals surface area contributed by atoms with Crippen LogP contribution in [0.25, 0.3) is 33.0 Å². The number of anilines is 1. The molecule has 0 saturated heterocycles. The first-order valence-electron chi connectivity index (χ1n) is 9.59. The van der Waals surface area contributed by atoms with Crippen LogP contribution in [0, 0.1) is 5.82 Å². The SMILES string of the molecule is COc1ccc(-c2csc(NC(=O)Cc3coc4ccc5ccccc5c34)n2)cc1F. The highest BCUT2D eigenvalue weighted by Crippen LogP contribution is 2.31. The first-order chi connectivity index (χ1) is 15.1. The number of rotatable bonds is 5. The number of ether oxygens (including phenoxy) is 1. The van der Waals surface area contributed by atoms with Gasteiger partial charge in [0.1, 0.15) is 5.58 Å². The Bertz CT molecular complexity index is 1420. The second kappa shape index (κ2) is 7.85. The van der Waals surface area contributed by atoms with Gasteiger partial charge < -0.3 is 14.5 Å². The third-order valence-corrected chi connectivity index (χ3v) is 5.85. The summed E-state index contributed by atoms with van der Waals surface area (Å²) < 4.78 is 24.6. The zero-order valence-corrected chi connectivity index (χ0v) is 17.3. The average Bonchev–Trinajstić information content (AvgIpc) is 3.41. The molecule has 0 aliphatic heterocycles. The van der Waals surface area contributed by atoms with E-state index in [9.17, 15) is 9.18 Å². The van der Waals surface area contributed by atoms with Gasteiger partial charge >= 0.3 is 0 Å². The Morgan fingerprint density at radius 1 is 1.19 bits per heavy atom. The molecule has 31 heavy (non-hydrogen) atoms. The zero-order valence-electron chi connectivity index (χ0n) is 16.5. The number of carbonyl (C=O) groups is 1. The van der Waals surface area contributed by atoms with Crippen LogP contribution < -0.4 is 10.1 Å². The van der Waals surface area contributed by atoms with E-state index in [1.807, 2.05) is 36.4 Å². The van der Waals surface area contributed by atoms with E-state index in [1.54, 1.807) is 23.8 Å². The minimum Gasteiger partial charge on any atom is -0.494 e. The Kier molecular flexibility index (Phi) is 4.88. The van der Waals surface area contributed by atoms with Crippen LogP contribution in [0.2, 0.25) is 0 Å². The molecule has 0 unspecified atom stereocenters. The van der Waals surface area contributed by atoms with Crippen LogP contribution in [-0.2, 0) is 11.2 Å². The number of hydrogen-bond donors (Lipinski definition) is 1. The summed E-state index contributed by atoms with van der Waals surface area (Å²) in [6.07, 6.45) is 1.79. The fourth-order valence-corrected chi connectivity index (χ4v) is 4.37. The number of halogens is 1. The number of amides is 1. The van der Waals surface area contributed by atoms with E-state index in [0.717, 1.165) is 27.3 Å². The van der Waals surface area contributed by atoms with Gasteiger partial charge in [-0.25, -0.2) is 9.37 Å². The highest BCUT2D eigenvalue weighted by molar-refractivity contribution is 7.14. The number of methoxy groups -OCH3 is 1. The quantitative estimate of drug-likeness (QED) is 0.368. The van der Waals surface area contributed by atoms with Crippen molar-refractivity contribution in [1.82, 2.24) is 4.98 Å². The van der Waals surface area contributed by atoms with Crippen LogP contribution >= 0.6 is 11.3 Å². The van der Waals surface area contributed by atoms with Crippen molar-refractivity contribution in [2.75, 3.05) is 12.4 Å². The van der Waals surface area contributed by atoms with E-state index in [2.05, 4.69) is 10.3 Å². The summed E-state index contributed by atoms with van der Waals surface area (Å²) in [5, 5.41) is 8.15. The van der Waals surface area contributed by atoms with Crippen molar-refractivity contribution in [3.8, 4) is 17.0 Å². The number of nitrogens with one attached hydrogen (secondary N) is 1. The highest BCUT2D eigenvalue weighted by Gasteiger charge is 2.15. The van der Waals surface area contributed by atoms with Gasteiger partial charge in [0.2, 0.25) is 5.91 Å². The smallest absolute Gasteiger partial charge is 0.230 e. The summed E-state index contributed by atoms with van der Waals surface area (Å²) in [5.41, 5.74) is 2.77. The maximum absolute atomic E-state index is 14.0. The Morgan fingerprint density at radius 3 is 2.90 bits per heavy atom. The molecule has 0 aliphatic rings. The molecule has 154 valence electrons. The van der Waals surface area contributed by atoms with Crippen molar-refractivity contribution in [2.24, 2.45) is 0 Å². The first-order valence-corrected chi connectivity index (χ1v) is 10.5. The lowest BCUT2D eigenvalue weighted by Crippen LogP contribution is -2.14. The van der Waals surface area contributed by atoms with E-state index in [1.165, 1.54) is 24.5 Å². The van der Waals surface area contributed by atoms with Crippen LogP contribution in [0.5, 0.6) is 5.75 Å². The van der Waals surface area contributed by atoms with Gasteiger partial charge in [-0.05, 0) is 35.0 Å². The molecule has 5 aromatic rings. The van der Waals surface area contributed by atoms with Crippen molar-refractivity contribution in [3.63, 3.8) is 0 Å². The van der Waals surface area contributed by atoms with Crippen molar-refractivity contribution < 1.29 is 18.3 Å². The molecule has 0 bridgehead atoms. The van der Waals surface area contributed by atoms with E-state index < -0.39 is 5.82 Å². The van der Waals surface area contributed by atoms with E-state index in [4.69, 9.17) is 9.15 Å². The van der Waals surface area contributed by atoms with Crippen LogP contribution in [0.3, 0.4) is 0 Å². The molecule has 2 heterocycles. The van der Waals surface area contributed by atoms with Crippen molar-refractivity contribution in [1.29, 1.82) is 0 Å². The number of furan rings is 1. The predicted octanol–water partition coefficient (Wildman–Crippen LogP) is 6.04. The third-order valence-electron chi connectivity index (χ3n) is 5.09. The molecule has 0 spiro atoms. The molecule has 0 fully saturated rings. The molecule has 1 N–H and O–H groups in total. The van der Waals surface area contributed by atoms with E-state index >= 15 is 0 Å². The van der Waals surface area contributed by atoms with Crippen LogP contribution in [0.4, 0.5) is 9.52 Å². The maximum Gasteiger partial charge on any atom is 0.230 e. The van der Waals surface area contributed by atoms with Crippen molar-refractivity contribution in [3.05, 3.63) is 77.6 Å². The third kappa shape index (κ3) is 3.64. The molecule has 3 aromatic carbocycles. The molecular formula is C24H17FN2O3S. The second-order valence-corrected chi connectivity index (χ2v) is 7.89. The van der Waals surface area contributed by atoms with Gasteiger partial charge in [-0.3, -0.25) is 4.79 Å². The summed E-state index contributed by atoms with van der Waals surface area (Å²) >= 11 is 1.29. The topological polar surface area (TPSA) is 64.4 Å². The number of nitrogens with zero attached hydrogens (tertiary/aromatic N) is 1. The Balaban J connectivity index is 1.36. The number of fused-ring (bicyclic) bond motifs is 3. The largest absolute Gasteiger partial charge is 0.494 e. The molecule has 0 saturated carbocycles. The van der Waals surface area contributed by atoms with Crippen LogP contribution in [-0.4, -0.2) is 18.0 Å². The molecule has 0 aliphatic carbocycles. The fourth-order valence-electron chi connectivity index (χ4n) is 3.63. The highest BCUT2D eigenvalue weighted by atomic mass is 32.1. The molecule has 7 heteroatoms. The molecular weight excluding hydrogens is 415 g/mol. The Morgan fingerprint density at radius 2 is 2.06 bits per heavy atom. The number of carbonyl (C=O) groups excluding carboxylic acids is 1. The standard InChI is InChI=1S/C24H17FN2O3S/c1-29-20-8-7-15(10-18(20)25)19-13-31-24(26-19)27-22(28)11-16-12-30-21-9-6-14-4-2-3-5-17(14)23(16)21/h2-10,12-13H,11H2,1H3,(H,26,27,28). The predicted molar refractivity (Wildman–Crippen MR) is 120 cm³/mol.